The number of unbranched alkanes of at least 4 members (excludes halogenated alkanes) is 19. The van der Waals surface area contributed by atoms with Gasteiger partial charge in [-0.05, 0) is 77.0 Å². The molecule has 0 rings (SSSR count). The number of hydrogen-bond donors (Lipinski definition) is 0. The standard InChI is InChI=1S/C56H92O6/c1-4-7-10-13-16-19-22-24-26-28-29-31-32-34-37-40-43-46-49-55(58)61-52-53(51-60-54(57)48-45-42-39-36-21-18-15-12-9-6-3)62-56(59)50-47-44-41-38-35-33-30-27-25-23-20-17-14-11-8-5-2/h8,11,17,20,22,24-29,31,33,35,41,44,53H,4-7,9-10,12-16,18-19,21,23,30,32,34,36-40,42-43,45-52H2,1-3H3/b11-8-,20-17-,24-22-,27-25-,28-26-,31-29-,35-33-,44-41-. The van der Waals surface area contributed by atoms with Crippen LogP contribution in [0.1, 0.15) is 220 Å². The van der Waals surface area contributed by atoms with E-state index in [0.717, 1.165) is 96.3 Å². The highest BCUT2D eigenvalue weighted by molar-refractivity contribution is 5.71. The molecule has 0 N–H and O–H groups in total. The molecule has 0 bridgehead atoms. The van der Waals surface area contributed by atoms with E-state index in [2.05, 4.69) is 106 Å². The molecule has 0 aromatic rings. The van der Waals surface area contributed by atoms with Crippen molar-refractivity contribution in [2.45, 2.75) is 226 Å². The maximum atomic E-state index is 12.7. The van der Waals surface area contributed by atoms with Crippen LogP contribution < -0.4 is 0 Å². The number of hydrogen-bond acceptors (Lipinski definition) is 6. The molecule has 6 nitrogen and oxygen atoms in total. The number of rotatable bonds is 44. The summed E-state index contributed by atoms with van der Waals surface area (Å²) >= 11 is 0. The minimum Gasteiger partial charge on any atom is -0.462 e. The average Bonchev–Trinajstić information content (AvgIpc) is 3.27. The fourth-order valence-electron chi connectivity index (χ4n) is 6.61. The van der Waals surface area contributed by atoms with Gasteiger partial charge in [-0.3, -0.25) is 14.4 Å². The lowest BCUT2D eigenvalue weighted by molar-refractivity contribution is -0.166. The Balaban J connectivity index is 4.51. The van der Waals surface area contributed by atoms with Crippen LogP contribution in [0.5, 0.6) is 0 Å². The largest absolute Gasteiger partial charge is 0.462 e. The third kappa shape index (κ3) is 47.4. The summed E-state index contributed by atoms with van der Waals surface area (Å²) < 4.78 is 16.7. The van der Waals surface area contributed by atoms with E-state index in [-0.39, 0.29) is 31.6 Å². The summed E-state index contributed by atoms with van der Waals surface area (Å²) in [4.78, 5) is 37.9. The third-order valence-corrected chi connectivity index (χ3v) is 10.4. The first-order chi connectivity index (χ1) is 30.5. The molecule has 0 aliphatic carbocycles. The molecule has 0 heterocycles. The Morgan fingerprint density at radius 2 is 0.726 bits per heavy atom. The summed E-state index contributed by atoms with van der Waals surface area (Å²) in [5.74, 6) is -1.02. The SMILES string of the molecule is CC/C=C\C/C=C\C/C=C\C/C=C\C/C=C\CCC(=O)OC(COC(=O)CCCCCCC\C=C/C=C\C=C/CCCCCCC)COC(=O)CCCCCCCCCCCC. The zero-order chi connectivity index (χ0) is 45.1. The molecular formula is C56H92O6. The first kappa shape index (κ1) is 58.3. The normalized spacial score (nSPS) is 12.9. The molecule has 0 amide bonds. The van der Waals surface area contributed by atoms with Gasteiger partial charge in [0.05, 0.1) is 0 Å². The smallest absolute Gasteiger partial charge is 0.306 e. The van der Waals surface area contributed by atoms with Crippen molar-refractivity contribution in [3.63, 3.8) is 0 Å². The molecule has 1 atom stereocenters. The van der Waals surface area contributed by atoms with E-state index in [4.69, 9.17) is 14.2 Å². The van der Waals surface area contributed by atoms with Gasteiger partial charge in [0.25, 0.3) is 0 Å². The predicted octanol–water partition coefficient (Wildman–Crippen LogP) is 16.6. The first-order valence-corrected chi connectivity index (χ1v) is 25.3. The van der Waals surface area contributed by atoms with Gasteiger partial charge in [-0.15, -0.1) is 0 Å². The van der Waals surface area contributed by atoms with Crippen molar-refractivity contribution >= 4 is 17.9 Å². The Hall–Kier alpha value is -3.67. The second-order valence-corrected chi connectivity index (χ2v) is 16.4. The first-order valence-electron chi connectivity index (χ1n) is 25.3. The highest BCUT2D eigenvalue weighted by Gasteiger charge is 2.19. The van der Waals surface area contributed by atoms with Crippen molar-refractivity contribution in [2.75, 3.05) is 13.2 Å². The highest BCUT2D eigenvalue weighted by Crippen LogP contribution is 2.13. The van der Waals surface area contributed by atoms with Crippen LogP contribution in [0.4, 0.5) is 0 Å². The maximum absolute atomic E-state index is 12.7. The molecule has 6 heteroatoms. The average molecular weight is 861 g/mol. The Labute approximate surface area is 381 Å². The summed E-state index contributed by atoms with van der Waals surface area (Å²) in [6, 6.07) is 0. The van der Waals surface area contributed by atoms with Gasteiger partial charge in [-0.1, -0.05) is 221 Å². The van der Waals surface area contributed by atoms with Gasteiger partial charge >= 0.3 is 17.9 Å². The van der Waals surface area contributed by atoms with Gasteiger partial charge in [-0.2, -0.15) is 0 Å². The molecule has 0 saturated carbocycles. The van der Waals surface area contributed by atoms with Crippen LogP contribution in [0.3, 0.4) is 0 Å². The van der Waals surface area contributed by atoms with Crippen molar-refractivity contribution < 1.29 is 28.6 Å². The summed E-state index contributed by atoms with van der Waals surface area (Å²) in [6.07, 6.45) is 65.4. The van der Waals surface area contributed by atoms with Crippen LogP contribution >= 0.6 is 0 Å². The summed E-state index contributed by atoms with van der Waals surface area (Å²) in [5, 5.41) is 0. The summed E-state index contributed by atoms with van der Waals surface area (Å²) in [7, 11) is 0. The number of carbonyl (C=O) groups excluding carboxylic acids is 3. The van der Waals surface area contributed by atoms with E-state index in [0.29, 0.717) is 19.3 Å². The molecular weight excluding hydrogens is 769 g/mol. The Kier molecular flexibility index (Phi) is 47.0. The van der Waals surface area contributed by atoms with Crippen LogP contribution in [-0.2, 0) is 28.6 Å². The van der Waals surface area contributed by atoms with Crippen molar-refractivity contribution in [3.05, 3.63) is 97.2 Å². The van der Waals surface area contributed by atoms with Crippen LogP contribution in [0.25, 0.3) is 0 Å². The fraction of sp³-hybridized carbons (Fsp3) is 0.661. The molecule has 62 heavy (non-hydrogen) atoms. The van der Waals surface area contributed by atoms with Crippen LogP contribution in [0.2, 0.25) is 0 Å². The zero-order valence-corrected chi connectivity index (χ0v) is 40.1. The quantitative estimate of drug-likeness (QED) is 0.0200. The second-order valence-electron chi connectivity index (χ2n) is 16.4. The zero-order valence-electron chi connectivity index (χ0n) is 40.1. The number of ether oxygens (including phenoxy) is 3. The van der Waals surface area contributed by atoms with Crippen LogP contribution in [-0.4, -0.2) is 37.2 Å². The molecule has 0 saturated heterocycles. The van der Waals surface area contributed by atoms with Gasteiger partial charge in [0.2, 0.25) is 0 Å². The van der Waals surface area contributed by atoms with Gasteiger partial charge in [0.1, 0.15) is 13.2 Å². The topological polar surface area (TPSA) is 78.9 Å². The van der Waals surface area contributed by atoms with Gasteiger partial charge < -0.3 is 14.2 Å². The molecule has 0 aliphatic heterocycles. The Morgan fingerprint density at radius 3 is 1.15 bits per heavy atom. The van der Waals surface area contributed by atoms with Gasteiger partial charge in [0, 0.05) is 19.3 Å². The highest BCUT2D eigenvalue weighted by atomic mass is 16.6. The maximum Gasteiger partial charge on any atom is 0.306 e. The molecule has 0 aromatic carbocycles. The van der Waals surface area contributed by atoms with Crippen LogP contribution in [0, 0.1) is 0 Å². The fourth-order valence-corrected chi connectivity index (χ4v) is 6.61. The lowest BCUT2D eigenvalue weighted by atomic mass is 10.1. The number of esters is 3. The van der Waals surface area contributed by atoms with E-state index in [1.165, 1.54) is 77.0 Å². The number of carbonyl (C=O) groups is 3. The van der Waals surface area contributed by atoms with Gasteiger partial charge in [0.15, 0.2) is 6.10 Å². The number of allylic oxidation sites excluding steroid dienone is 16. The van der Waals surface area contributed by atoms with E-state index in [1.54, 1.807) is 0 Å². The van der Waals surface area contributed by atoms with Crippen molar-refractivity contribution in [1.82, 2.24) is 0 Å². The Bertz CT molecular complexity index is 1260. The van der Waals surface area contributed by atoms with Gasteiger partial charge in [-0.25, -0.2) is 0 Å². The lowest BCUT2D eigenvalue weighted by Crippen LogP contribution is -2.30. The monoisotopic (exact) mass is 861 g/mol. The lowest BCUT2D eigenvalue weighted by Gasteiger charge is -2.18. The molecule has 0 fully saturated rings. The summed E-state index contributed by atoms with van der Waals surface area (Å²) in [5.41, 5.74) is 0. The molecule has 0 aliphatic rings. The van der Waals surface area contributed by atoms with E-state index in [9.17, 15) is 14.4 Å². The van der Waals surface area contributed by atoms with E-state index < -0.39 is 12.1 Å². The van der Waals surface area contributed by atoms with E-state index >= 15 is 0 Å². The third-order valence-electron chi connectivity index (χ3n) is 10.4. The molecule has 0 radical (unpaired) electrons. The molecule has 0 spiro atoms. The summed E-state index contributed by atoms with van der Waals surface area (Å²) in [6.45, 7) is 6.40. The molecule has 0 aromatic heterocycles. The van der Waals surface area contributed by atoms with Crippen molar-refractivity contribution in [1.29, 1.82) is 0 Å². The molecule has 352 valence electrons. The van der Waals surface area contributed by atoms with Crippen molar-refractivity contribution in [2.24, 2.45) is 0 Å². The minimum absolute atomic E-state index is 0.114. The predicted molar refractivity (Wildman–Crippen MR) is 265 cm³/mol. The van der Waals surface area contributed by atoms with E-state index in [1.807, 2.05) is 12.2 Å². The second kappa shape index (κ2) is 50.0. The minimum atomic E-state index is -0.823. The Morgan fingerprint density at radius 1 is 0.355 bits per heavy atom. The molecule has 1 unspecified atom stereocenters. The van der Waals surface area contributed by atoms with Crippen LogP contribution in [0.15, 0.2) is 97.2 Å². The van der Waals surface area contributed by atoms with Crippen molar-refractivity contribution in [3.8, 4) is 0 Å².